The summed E-state index contributed by atoms with van der Waals surface area (Å²) in [6, 6.07) is 11.6. The lowest BCUT2D eigenvalue weighted by Crippen LogP contribution is -2.27. The van der Waals surface area contributed by atoms with E-state index in [0.717, 1.165) is 16.0 Å². The molecule has 1 heterocycles. The first-order valence-corrected chi connectivity index (χ1v) is 8.87. The lowest BCUT2D eigenvalue weighted by atomic mass is 9.99. The molecular weight excluding hydrogens is 320 g/mol. The van der Waals surface area contributed by atoms with Crippen LogP contribution in [0, 0.1) is 13.8 Å². The fraction of sp³-hybridized carbons (Fsp3) is 0.263. The van der Waals surface area contributed by atoms with Crippen LogP contribution in [0.2, 0.25) is 0 Å². The van der Waals surface area contributed by atoms with Crippen LogP contribution in [-0.4, -0.2) is 17.6 Å². The standard InChI is InChI=1S/C19H20N2O2S/c1-11-4-5-12(2)15(8-11)13(3)20-19(23)14-6-7-17-16(9-14)21-18(22)10-24-17/h4-9,13H,10H2,1-3H3,(H,20,23)(H,21,22). The summed E-state index contributed by atoms with van der Waals surface area (Å²) in [6.07, 6.45) is 0. The highest BCUT2D eigenvalue weighted by Crippen LogP contribution is 2.32. The van der Waals surface area contributed by atoms with E-state index in [4.69, 9.17) is 0 Å². The summed E-state index contributed by atoms with van der Waals surface area (Å²) in [4.78, 5) is 25.1. The summed E-state index contributed by atoms with van der Waals surface area (Å²) in [5.41, 5.74) is 4.70. The molecule has 5 heteroatoms. The molecule has 0 aliphatic carbocycles. The van der Waals surface area contributed by atoms with Crippen molar-refractivity contribution in [3.8, 4) is 0 Å². The number of benzene rings is 2. The Labute approximate surface area is 146 Å². The van der Waals surface area contributed by atoms with Crippen molar-refractivity contribution < 1.29 is 9.59 Å². The Morgan fingerprint density at radius 3 is 2.79 bits per heavy atom. The smallest absolute Gasteiger partial charge is 0.251 e. The molecule has 124 valence electrons. The maximum Gasteiger partial charge on any atom is 0.251 e. The molecule has 24 heavy (non-hydrogen) atoms. The third-order valence-electron chi connectivity index (χ3n) is 4.12. The van der Waals surface area contributed by atoms with Gasteiger partial charge >= 0.3 is 0 Å². The second-order valence-electron chi connectivity index (χ2n) is 6.10. The number of hydrogen-bond donors (Lipinski definition) is 2. The fourth-order valence-electron chi connectivity index (χ4n) is 2.81. The van der Waals surface area contributed by atoms with Gasteiger partial charge in [0.15, 0.2) is 0 Å². The minimum atomic E-state index is -0.143. The molecule has 1 atom stereocenters. The molecule has 1 unspecified atom stereocenters. The molecule has 1 aliphatic heterocycles. The van der Waals surface area contributed by atoms with E-state index in [1.807, 2.05) is 26.8 Å². The Kier molecular flexibility index (Phi) is 4.62. The molecule has 4 nitrogen and oxygen atoms in total. The first-order chi connectivity index (χ1) is 11.4. The molecule has 2 amide bonds. The van der Waals surface area contributed by atoms with Crippen molar-refractivity contribution >= 4 is 29.3 Å². The molecule has 0 fully saturated rings. The molecule has 1 aliphatic rings. The number of amides is 2. The van der Waals surface area contributed by atoms with Crippen LogP contribution in [0.15, 0.2) is 41.3 Å². The van der Waals surface area contributed by atoms with Crippen molar-refractivity contribution in [1.29, 1.82) is 0 Å². The van der Waals surface area contributed by atoms with Gasteiger partial charge in [-0.3, -0.25) is 9.59 Å². The van der Waals surface area contributed by atoms with Crippen LogP contribution < -0.4 is 10.6 Å². The summed E-state index contributed by atoms with van der Waals surface area (Å²) in [5, 5.41) is 5.86. The van der Waals surface area contributed by atoms with E-state index in [-0.39, 0.29) is 17.9 Å². The molecule has 0 aromatic heterocycles. The summed E-state index contributed by atoms with van der Waals surface area (Å²) >= 11 is 1.49. The topological polar surface area (TPSA) is 58.2 Å². The van der Waals surface area contributed by atoms with Gasteiger partial charge in [0.25, 0.3) is 5.91 Å². The molecule has 2 aromatic carbocycles. The first kappa shape index (κ1) is 16.6. The van der Waals surface area contributed by atoms with E-state index in [9.17, 15) is 9.59 Å². The Morgan fingerprint density at radius 1 is 1.21 bits per heavy atom. The third kappa shape index (κ3) is 3.46. The number of carbonyl (C=O) groups excluding carboxylic acids is 2. The van der Waals surface area contributed by atoms with Gasteiger partial charge in [-0.2, -0.15) is 0 Å². The SMILES string of the molecule is Cc1ccc(C)c(C(C)NC(=O)c2ccc3c(c2)NC(=O)CS3)c1. The fourth-order valence-corrected chi connectivity index (χ4v) is 3.60. The lowest BCUT2D eigenvalue weighted by Gasteiger charge is -2.19. The molecule has 0 radical (unpaired) electrons. The molecule has 2 N–H and O–H groups in total. The largest absolute Gasteiger partial charge is 0.346 e. The highest BCUT2D eigenvalue weighted by Gasteiger charge is 2.18. The number of carbonyl (C=O) groups is 2. The van der Waals surface area contributed by atoms with E-state index >= 15 is 0 Å². The van der Waals surface area contributed by atoms with E-state index in [2.05, 4.69) is 28.8 Å². The monoisotopic (exact) mass is 340 g/mol. The zero-order valence-corrected chi connectivity index (χ0v) is 14.8. The predicted molar refractivity (Wildman–Crippen MR) is 97.6 cm³/mol. The molecule has 0 saturated heterocycles. The van der Waals surface area contributed by atoms with Crippen LogP contribution in [0.4, 0.5) is 5.69 Å². The van der Waals surface area contributed by atoms with E-state index in [0.29, 0.717) is 17.0 Å². The zero-order valence-electron chi connectivity index (χ0n) is 14.0. The van der Waals surface area contributed by atoms with Crippen molar-refractivity contribution in [2.45, 2.75) is 31.7 Å². The van der Waals surface area contributed by atoms with Crippen LogP contribution in [0.1, 0.15) is 40.0 Å². The lowest BCUT2D eigenvalue weighted by molar-refractivity contribution is -0.113. The van der Waals surface area contributed by atoms with Gasteiger partial charge in [0.05, 0.1) is 17.5 Å². The van der Waals surface area contributed by atoms with Crippen LogP contribution in [0.5, 0.6) is 0 Å². The summed E-state index contributed by atoms with van der Waals surface area (Å²) < 4.78 is 0. The van der Waals surface area contributed by atoms with E-state index in [1.165, 1.54) is 17.3 Å². The highest BCUT2D eigenvalue weighted by atomic mass is 32.2. The van der Waals surface area contributed by atoms with Crippen molar-refractivity contribution in [1.82, 2.24) is 5.32 Å². The van der Waals surface area contributed by atoms with Crippen LogP contribution in [0.25, 0.3) is 0 Å². The predicted octanol–water partition coefficient (Wildman–Crippen LogP) is 3.84. The first-order valence-electron chi connectivity index (χ1n) is 7.89. The van der Waals surface area contributed by atoms with Gasteiger partial charge < -0.3 is 10.6 Å². The molecule has 2 aromatic rings. The number of anilines is 1. The molecule has 0 bridgehead atoms. The van der Waals surface area contributed by atoms with Crippen LogP contribution in [-0.2, 0) is 4.79 Å². The molecule has 0 saturated carbocycles. The summed E-state index contributed by atoms with van der Waals surface area (Å²) in [6.45, 7) is 6.07. The van der Waals surface area contributed by atoms with Gasteiger partial charge in [-0.1, -0.05) is 23.8 Å². The zero-order chi connectivity index (χ0) is 17.3. The minimum Gasteiger partial charge on any atom is -0.346 e. The second-order valence-corrected chi connectivity index (χ2v) is 7.12. The maximum absolute atomic E-state index is 12.6. The van der Waals surface area contributed by atoms with Gasteiger partial charge in [-0.05, 0) is 50.1 Å². The Hall–Kier alpha value is -2.27. The average molecular weight is 340 g/mol. The molecule has 3 rings (SSSR count). The number of fused-ring (bicyclic) bond motifs is 1. The van der Waals surface area contributed by atoms with Crippen molar-refractivity contribution in [2.75, 3.05) is 11.1 Å². The Morgan fingerprint density at radius 2 is 2.00 bits per heavy atom. The summed E-state index contributed by atoms with van der Waals surface area (Å²) in [7, 11) is 0. The number of aryl methyl sites for hydroxylation is 2. The third-order valence-corrected chi connectivity index (χ3v) is 5.20. The van der Waals surface area contributed by atoms with Gasteiger partial charge in [-0.15, -0.1) is 11.8 Å². The molecule has 0 spiro atoms. The normalized spacial score (nSPS) is 14.5. The number of thioether (sulfide) groups is 1. The molecular formula is C19H20N2O2S. The maximum atomic E-state index is 12.6. The highest BCUT2D eigenvalue weighted by molar-refractivity contribution is 8.00. The van der Waals surface area contributed by atoms with Gasteiger partial charge in [-0.25, -0.2) is 0 Å². The van der Waals surface area contributed by atoms with Crippen molar-refractivity contribution in [2.24, 2.45) is 0 Å². The van der Waals surface area contributed by atoms with Crippen LogP contribution >= 0.6 is 11.8 Å². The minimum absolute atomic E-state index is 0.0335. The average Bonchev–Trinajstić information content (AvgIpc) is 2.56. The van der Waals surface area contributed by atoms with Crippen LogP contribution in [0.3, 0.4) is 0 Å². The summed E-state index contributed by atoms with van der Waals surface area (Å²) in [5.74, 6) is 0.243. The second kappa shape index (κ2) is 6.69. The number of nitrogens with one attached hydrogen (secondary N) is 2. The number of rotatable bonds is 3. The van der Waals surface area contributed by atoms with E-state index in [1.54, 1.807) is 12.1 Å². The quantitative estimate of drug-likeness (QED) is 0.892. The van der Waals surface area contributed by atoms with Gasteiger partial charge in [0.1, 0.15) is 0 Å². The number of hydrogen-bond acceptors (Lipinski definition) is 3. The van der Waals surface area contributed by atoms with Gasteiger partial charge in [0.2, 0.25) is 5.91 Å². The van der Waals surface area contributed by atoms with Crippen molar-refractivity contribution in [3.63, 3.8) is 0 Å². The Balaban J connectivity index is 1.78. The van der Waals surface area contributed by atoms with Crippen molar-refractivity contribution in [3.05, 3.63) is 58.7 Å². The van der Waals surface area contributed by atoms with E-state index < -0.39 is 0 Å². The Bertz CT molecular complexity index is 817. The van der Waals surface area contributed by atoms with Gasteiger partial charge in [0, 0.05) is 10.5 Å².